The molecule has 0 amide bonds. The molecular weight excluding hydrogens is 236 g/mol. The Morgan fingerprint density at radius 1 is 1.39 bits per heavy atom. The number of nitrogens with two attached hydrogens (primary N) is 1. The van der Waals surface area contributed by atoms with Crippen LogP contribution in [-0.4, -0.2) is 43.4 Å². The standard InChI is InChI=1S/C9H14N8O/c1-17-5-12-6(16-17)3-4-11-8-13-7(10)14-9(15-8)18-2/h5H,3-4H2,1-2H3,(H3,10,11,13,14,15). The largest absolute Gasteiger partial charge is 0.467 e. The highest BCUT2D eigenvalue weighted by Gasteiger charge is 2.04. The molecule has 0 atom stereocenters. The van der Waals surface area contributed by atoms with Gasteiger partial charge in [-0.2, -0.15) is 20.1 Å². The third-order valence-corrected chi connectivity index (χ3v) is 2.09. The minimum atomic E-state index is 0.111. The highest BCUT2D eigenvalue weighted by atomic mass is 16.5. The fourth-order valence-electron chi connectivity index (χ4n) is 1.33. The van der Waals surface area contributed by atoms with Gasteiger partial charge in [0.2, 0.25) is 11.9 Å². The summed E-state index contributed by atoms with van der Waals surface area (Å²) in [7, 11) is 3.29. The predicted molar refractivity (Wildman–Crippen MR) is 64.0 cm³/mol. The number of hydrogen-bond donors (Lipinski definition) is 2. The van der Waals surface area contributed by atoms with Crippen LogP contribution in [0, 0.1) is 0 Å². The lowest BCUT2D eigenvalue weighted by Crippen LogP contribution is -2.11. The first kappa shape index (κ1) is 12.0. The Hall–Kier alpha value is -2.45. The summed E-state index contributed by atoms with van der Waals surface area (Å²) in [5.41, 5.74) is 5.51. The van der Waals surface area contributed by atoms with Gasteiger partial charge in [0.25, 0.3) is 0 Å². The van der Waals surface area contributed by atoms with E-state index in [-0.39, 0.29) is 12.0 Å². The molecule has 0 aromatic carbocycles. The second-order valence-electron chi connectivity index (χ2n) is 3.52. The van der Waals surface area contributed by atoms with Crippen LogP contribution in [0.3, 0.4) is 0 Å². The maximum absolute atomic E-state index is 5.51. The zero-order chi connectivity index (χ0) is 13.0. The quantitative estimate of drug-likeness (QED) is 0.711. The maximum Gasteiger partial charge on any atom is 0.322 e. The number of methoxy groups -OCH3 is 1. The summed E-state index contributed by atoms with van der Waals surface area (Å²) >= 11 is 0. The zero-order valence-electron chi connectivity index (χ0n) is 10.2. The van der Waals surface area contributed by atoms with E-state index in [1.165, 1.54) is 7.11 Å². The molecule has 3 N–H and O–H groups in total. The first-order chi connectivity index (χ1) is 8.67. The van der Waals surface area contributed by atoms with Crippen molar-refractivity contribution in [2.45, 2.75) is 6.42 Å². The maximum atomic E-state index is 5.51. The van der Waals surface area contributed by atoms with Crippen LogP contribution >= 0.6 is 0 Å². The first-order valence-corrected chi connectivity index (χ1v) is 5.31. The minimum absolute atomic E-state index is 0.111. The fourth-order valence-corrected chi connectivity index (χ4v) is 1.33. The number of ether oxygens (including phenoxy) is 1. The molecular formula is C9H14N8O. The van der Waals surface area contributed by atoms with Gasteiger partial charge in [0.15, 0.2) is 5.82 Å². The lowest BCUT2D eigenvalue weighted by molar-refractivity contribution is 0.379. The van der Waals surface area contributed by atoms with Crippen molar-refractivity contribution in [1.82, 2.24) is 29.7 Å². The minimum Gasteiger partial charge on any atom is -0.467 e. The van der Waals surface area contributed by atoms with Crippen molar-refractivity contribution in [3.63, 3.8) is 0 Å². The van der Waals surface area contributed by atoms with Crippen LogP contribution in [0.15, 0.2) is 6.33 Å². The van der Waals surface area contributed by atoms with Crippen LogP contribution in [-0.2, 0) is 13.5 Å². The molecule has 9 nitrogen and oxygen atoms in total. The van der Waals surface area contributed by atoms with Gasteiger partial charge in [-0.1, -0.05) is 0 Å². The number of hydrogen-bond acceptors (Lipinski definition) is 8. The molecule has 0 saturated heterocycles. The second-order valence-corrected chi connectivity index (χ2v) is 3.52. The van der Waals surface area contributed by atoms with Gasteiger partial charge in [0, 0.05) is 20.0 Å². The Kier molecular flexibility index (Phi) is 3.51. The van der Waals surface area contributed by atoms with E-state index in [9.17, 15) is 0 Å². The van der Waals surface area contributed by atoms with Crippen LogP contribution in [0.2, 0.25) is 0 Å². The Balaban J connectivity index is 1.91. The fraction of sp³-hybridized carbons (Fsp3) is 0.444. The van der Waals surface area contributed by atoms with Gasteiger partial charge in [0.1, 0.15) is 6.33 Å². The molecule has 9 heteroatoms. The number of rotatable bonds is 5. The Morgan fingerprint density at radius 3 is 2.89 bits per heavy atom. The van der Waals surface area contributed by atoms with Gasteiger partial charge in [0.05, 0.1) is 7.11 Å². The predicted octanol–water partition coefficient (Wildman–Crippen LogP) is -0.755. The number of anilines is 2. The molecule has 0 radical (unpaired) electrons. The van der Waals surface area contributed by atoms with E-state index in [1.54, 1.807) is 11.0 Å². The smallest absolute Gasteiger partial charge is 0.322 e. The van der Waals surface area contributed by atoms with Crippen molar-refractivity contribution in [2.75, 3.05) is 24.7 Å². The van der Waals surface area contributed by atoms with E-state index in [2.05, 4.69) is 30.4 Å². The monoisotopic (exact) mass is 250 g/mol. The van der Waals surface area contributed by atoms with Crippen molar-refractivity contribution >= 4 is 11.9 Å². The molecule has 0 aliphatic rings. The first-order valence-electron chi connectivity index (χ1n) is 5.31. The van der Waals surface area contributed by atoms with Crippen molar-refractivity contribution < 1.29 is 4.74 Å². The molecule has 2 aromatic rings. The van der Waals surface area contributed by atoms with E-state index < -0.39 is 0 Å². The number of nitrogens with one attached hydrogen (secondary N) is 1. The van der Waals surface area contributed by atoms with Crippen LogP contribution in [0.4, 0.5) is 11.9 Å². The zero-order valence-corrected chi connectivity index (χ0v) is 10.2. The van der Waals surface area contributed by atoms with Gasteiger partial charge in [-0.15, -0.1) is 0 Å². The molecule has 0 fully saturated rings. The number of nitrogen functional groups attached to an aromatic ring is 1. The molecule has 0 aliphatic carbocycles. The number of aryl methyl sites for hydroxylation is 1. The van der Waals surface area contributed by atoms with E-state index in [0.717, 1.165) is 5.82 Å². The van der Waals surface area contributed by atoms with Crippen LogP contribution in [0.5, 0.6) is 6.01 Å². The van der Waals surface area contributed by atoms with Crippen molar-refractivity contribution in [1.29, 1.82) is 0 Å². The van der Waals surface area contributed by atoms with Gasteiger partial charge in [-0.25, -0.2) is 4.98 Å². The van der Waals surface area contributed by atoms with Gasteiger partial charge < -0.3 is 15.8 Å². The summed E-state index contributed by atoms with van der Waals surface area (Å²) in [4.78, 5) is 15.8. The normalized spacial score (nSPS) is 10.3. The van der Waals surface area contributed by atoms with Gasteiger partial charge in [-0.3, -0.25) is 4.68 Å². The Morgan fingerprint density at radius 2 is 2.22 bits per heavy atom. The van der Waals surface area contributed by atoms with Crippen LogP contribution in [0.1, 0.15) is 5.82 Å². The number of aromatic nitrogens is 6. The van der Waals surface area contributed by atoms with Crippen molar-refractivity contribution in [2.24, 2.45) is 7.05 Å². The van der Waals surface area contributed by atoms with Gasteiger partial charge in [-0.05, 0) is 0 Å². The Labute approximate surface area is 103 Å². The molecule has 0 spiro atoms. The molecule has 18 heavy (non-hydrogen) atoms. The summed E-state index contributed by atoms with van der Waals surface area (Å²) < 4.78 is 6.55. The molecule has 0 bridgehead atoms. The molecule has 2 aromatic heterocycles. The summed E-state index contributed by atoms with van der Waals surface area (Å²) in [5.74, 6) is 1.23. The molecule has 0 aliphatic heterocycles. The van der Waals surface area contributed by atoms with Crippen LogP contribution in [0.25, 0.3) is 0 Å². The van der Waals surface area contributed by atoms with Crippen LogP contribution < -0.4 is 15.8 Å². The highest BCUT2D eigenvalue weighted by molar-refractivity contribution is 5.32. The summed E-state index contributed by atoms with van der Waals surface area (Å²) in [6.45, 7) is 0.594. The SMILES string of the molecule is COc1nc(N)nc(NCCc2ncn(C)n2)n1. The number of nitrogens with zero attached hydrogens (tertiary/aromatic N) is 6. The highest BCUT2D eigenvalue weighted by Crippen LogP contribution is 2.07. The lowest BCUT2D eigenvalue weighted by atomic mass is 10.4. The van der Waals surface area contributed by atoms with Crippen molar-refractivity contribution in [3.05, 3.63) is 12.2 Å². The average molecular weight is 250 g/mol. The average Bonchev–Trinajstić information content (AvgIpc) is 2.74. The summed E-state index contributed by atoms with van der Waals surface area (Å²) in [6.07, 6.45) is 2.31. The third kappa shape index (κ3) is 3.03. The van der Waals surface area contributed by atoms with E-state index in [1.807, 2.05) is 7.05 Å². The second kappa shape index (κ2) is 5.25. The third-order valence-electron chi connectivity index (χ3n) is 2.09. The Bertz CT molecular complexity index is 525. The molecule has 2 heterocycles. The van der Waals surface area contributed by atoms with E-state index in [0.29, 0.717) is 18.9 Å². The lowest BCUT2D eigenvalue weighted by Gasteiger charge is -2.05. The van der Waals surface area contributed by atoms with E-state index >= 15 is 0 Å². The molecule has 0 unspecified atom stereocenters. The summed E-state index contributed by atoms with van der Waals surface area (Å²) in [6, 6.07) is 0.181. The molecule has 2 rings (SSSR count). The van der Waals surface area contributed by atoms with E-state index in [4.69, 9.17) is 10.5 Å². The van der Waals surface area contributed by atoms with Crippen molar-refractivity contribution in [3.8, 4) is 6.01 Å². The topological polar surface area (TPSA) is 117 Å². The molecule has 0 saturated carbocycles. The van der Waals surface area contributed by atoms with Gasteiger partial charge >= 0.3 is 6.01 Å². The molecule has 96 valence electrons. The summed E-state index contributed by atoms with van der Waals surface area (Å²) in [5, 5.41) is 7.16.